The van der Waals surface area contributed by atoms with E-state index in [-0.39, 0.29) is 0 Å². The van der Waals surface area contributed by atoms with Crippen LogP contribution in [0.15, 0.2) is 0 Å². The van der Waals surface area contributed by atoms with Gasteiger partial charge in [-0.1, -0.05) is 27.7 Å². The van der Waals surface area contributed by atoms with Gasteiger partial charge in [0.1, 0.15) is 0 Å². The zero-order valence-electron chi connectivity index (χ0n) is 14.8. The Bertz CT molecular complexity index is 308. The van der Waals surface area contributed by atoms with E-state index in [1.807, 2.05) is 0 Å². The third-order valence-corrected chi connectivity index (χ3v) is 5.59. The number of rotatable bonds is 7. The predicted octanol–water partition coefficient (Wildman–Crippen LogP) is 3.15. The number of piperidine rings is 1. The fourth-order valence-corrected chi connectivity index (χ4v) is 3.64. The lowest BCUT2D eigenvalue weighted by atomic mass is 9.64. The predicted molar refractivity (Wildman–Crippen MR) is 89.6 cm³/mol. The van der Waals surface area contributed by atoms with Gasteiger partial charge in [0.05, 0.1) is 6.10 Å². The average molecular weight is 296 g/mol. The van der Waals surface area contributed by atoms with Crippen molar-refractivity contribution in [2.75, 3.05) is 33.3 Å². The van der Waals surface area contributed by atoms with Gasteiger partial charge in [-0.25, -0.2) is 0 Å². The Morgan fingerprint density at radius 1 is 1.24 bits per heavy atom. The van der Waals surface area contributed by atoms with Gasteiger partial charge in [0, 0.05) is 18.1 Å². The number of nitrogens with zero attached hydrogens (tertiary/aromatic N) is 1. The van der Waals surface area contributed by atoms with Crippen LogP contribution in [0.25, 0.3) is 0 Å². The van der Waals surface area contributed by atoms with Crippen LogP contribution in [-0.4, -0.2) is 50.3 Å². The van der Waals surface area contributed by atoms with Crippen LogP contribution in [-0.2, 0) is 4.74 Å². The van der Waals surface area contributed by atoms with E-state index in [1.165, 1.54) is 45.3 Å². The molecule has 21 heavy (non-hydrogen) atoms. The normalized spacial score (nSPS) is 30.6. The highest BCUT2D eigenvalue weighted by atomic mass is 16.5. The summed E-state index contributed by atoms with van der Waals surface area (Å²) in [5, 5.41) is 3.79. The molecule has 2 aliphatic rings. The molecule has 1 N–H and O–H groups in total. The van der Waals surface area contributed by atoms with E-state index in [2.05, 4.69) is 45.0 Å². The lowest BCUT2D eigenvalue weighted by Crippen LogP contribution is -2.61. The first-order valence-electron chi connectivity index (χ1n) is 8.93. The Morgan fingerprint density at radius 3 is 2.48 bits per heavy atom. The molecule has 2 atom stereocenters. The van der Waals surface area contributed by atoms with Crippen LogP contribution in [0.4, 0.5) is 0 Å². The van der Waals surface area contributed by atoms with Crippen LogP contribution >= 0.6 is 0 Å². The second-order valence-electron chi connectivity index (χ2n) is 8.31. The van der Waals surface area contributed by atoms with Crippen molar-refractivity contribution in [2.45, 2.75) is 65.5 Å². The molecule has 0 radical (unpaired) electrons. The second-order valence-corrected chi connectivity index (χ2v) is 8.31. The van der Waals surface area contributed by atoms with Gasteiger partial charge in [0.2, 0.25) is 0 Å². The molecular weight excluding hydrogens is 260 g/mol. The Balaban J connectivity index is 1.61. The Labute approximate surface area is 131 Å². The Morgan fingerprint density at radius 2 is 1.90 bits per heavy atom. The molecule has 1 saturated carbocycles. The molecule has 0 spiro atoms. The third kappa shape index (κ3) is 4.67. The van der Waals surface area contributed by atoms with E-state index in [4.69, 9.17) is 4.74 Å². The van der Waals surface area contributed by atoms with Crippen LogP contribution in [0.2, 0.25) is 0 Å². The summed E-state index contributed by atoms with van der Waals surface area (Å²) < 4.78 is 6.05. The van der Waals surface area contributed by atoms with Crippen molar-refractivity contribution in [1.29, 1.82) is 0 Å². The average Bonchev–Trinajstić information content (AvgIpc) is 2.42. The second kappa shape index (κ2) is 7.43. The molecule has 0 aromatic rings. The van der Waals surface area contributed by atoms with Crippen LogP contribution < -0.4 is 5.32 Å². The minimum absolute atomic E-state index is 0.293. The molecule has 3 nitrogen and oxygen atoms in total. The van der Waals surface area contributed by atoms with Crippen LogP contribution in [0.1, 0.15) is 53.4 Å². The zero-order valence-corrected chi connectivity index (χ0v) is 14.8. The smallest absolute Gasteiger partial charge is 0.0656 e. The van der Waals surface area contributed by atoms with Crippen molar-refractivity contribution in [3.8, 4) is 0 Å². The highest BCUT2D eigenvalue weighted by Gasteiger charge is 2.48. The standard InChI is InChI=1S/C18H36N2O/c1-14(2)13-21-17-12-16(18(17,3)4)19-9-6-15-7-10-20(5)11-8-15/h14-17,19H,6-13H2,1-5H3. The van der Waals surface area contributed by atoms with Crippen molar-refractivity contribution in [3.63, 3.8) is 0 Å². The van der Waals surface area contributed by atoms with E-state index < -0.39 is 0 Å². The van der Waals surface area contributed by atoms with Crippen molar-refractivity contribution < 1.29 is 4.74 Å². The molecule has 0 bridgehead atoms. The van der Waals surface area contributed by atoms with Gasteiger partial charge in [-0.05, 0) is 64.2 Å². The number of likely N-dealkylation sites (tertiary alicyclic amines) is 1. The highest BCUT2D eigenvalue weighted by molar-refractivity contribution is 5.02. The minimum Gasteiger partial charge on any atom is -0.377 e. The van der Waals surface area contributed by atoms with Crippen LogP contribution in [0.5, 0.6) is 0 Å². The summed E-state index contributed by atoms with van der Waals surface area (Å²) in [6.07, 6.45) is 5.74. The molecule has 2 unspecified atom stereocenters. The molecule has 3 heteroatoms. The lowest BCUT2D eigenvalue weighted by Gasteiger charge is -2.52. The van der Waals surface area contributed by atoms with Crippen molar-refractivity contribution >= 4 is 0 Å². The Kier molecular flexibility index (Phi) is 6.10. The maximum atomic E-state index is 6.05. The van der Waals surface area contributed by atoms with E-state index >= 15 is 0 Å². The number of nitrogens with one attached hydrogen (secondary N) is 1. The summed E-state index contributed by atoms with van der Waals surface area (Å²) >= 11 is 0. The number of ether oxygens (including phenoxy) is 1. The van der Waals surface area contributed by atoms with Gasteiger partial charge in [-0.3, -0.25) is 0 Å². The van der Waals surface area contributed by atoms with E-state index in [9.17, 15) is 0 Å². The van der Waals surface area contributed by atoms with Crippen molar-refractivity contribution in [3.05, 3.63) is 0 Å². The molecule has 1 aliphatic carbocycles. The molecule has 1 aliphatic heterocycles. The topological polar surface area (TPSA) is 24.5 Å². The summed E-state index contributed by atoms with van der Waals surface area (Å²) in [6, 6.07) is 0.640. The van der Waals surface area contributed by atoms with E-state index in [1.54, 1.807) is 0 Å². The lowest BCUT2D eigenvalue weighted by molar-refractivity contribution is -0.123. The van der Waals surface area contributed by atoms with Gasteiger partial charge in [-0.15, -0.1) is 0 Å². The number of hydrogen-bond donors (Lipinski definition) is 1. The van der Waals surface area contributed by atoms with Gasteiger partial charge < -0.3 is 15.0 Å². The molecule has 0 aromatic heterocycles. The first kappa shape index (κ1) is 17.2. The van der Waals surface area contributed by atoms with E-state index in [0.29, 0.717) is 23.5 Å². The summed E-state index contributed by atoms with van der Waals surface area (Å²) in [6.45, 7) is 13.8. The molecule has 2 rings (SSSR count). The quantitative estimate of drug-likeness (QED) is 0.781. The van der Waals surface area contributed by atoms with E-state index in [0.717, 1.165) is 12.5 Å². The zero-order chi connectivity index (χ0) is 15.5. The Hall–Kier alpha value is -0.120. The summed E-state index contributed by atoms with van der Waals surface area (Å²) in [5.41, 5.74) is 0.293. The number of hydrogen-bond acceptors (Lipinski definition) is 3. The third-order valence-electron chi connectivity index (χ3n) is 5.59. The van der Waals surface area contributed by atoms with Crippen molar-refractivity contribution in [2.24, 2.45) is 17.3 Å². The van der Waals surface area contributed by atoms with Crippen LogP contribution in [0, 0.1) is 17.3 Å². The van der Waals surface area contributed by atoms with Gasteiger partial charge in [-0.2, -0.15) is 0 Å². The monoisotopic (exact) mass is 296 g/mol. The molecule has 124 valence electrons. The molecule has 0 amide bonds. The SMILES string of the molecule is CC(C)COC1CC(NCCC2CCN(C)CC2)C1(C)C. The fourth-order valence-electron chi connectivity index (χ4n) is 3.64. The summed E-state index contributed by atoms with van der Waals surface area (Å²) in [5.74, 6) is 1.57. The largest absolute Gasteiger partial charge is 0.377 e. The summed E-state index contributed by atoms with van der Waals surface area (Å²) in [4.78, 5) is 2.45. The fraction of sp³-hybridized carbons (Fsp3) is 1.00. The molecule has 0 aromatic carbocycles. The maximum absolute atomic E-state index is 6.05. The molecule has 1 heterocycles. The first-order chi connectivity index (χ1) is 9.89. The minimum atomic E-state index is 0.293. The summed E-state index contributed by atoms with van der Waals surface area (Å²) in [7, 11) is 2.24. The molecule has 2 fully saturated rings. The first-order valence-corrected chi connectivity index (χ1v) is 8.93. The van der Waals surface area contributed by atoms with Gasteiger partial charge >= 0.3 is 0 Å². The van der Waals surface area contributed by atoms with Gasteiger partial charge in [0.15, 0.2) is 0 Å². The molecular formula is C18H36N2O. The molecule has 1 saturated heterocycles. The maximum Gasteiger partial charge on any atom is 0.0656 e. The highest BCUT2D eigenvalue weighted by Crippen LogP contribution is 2.43. The van der Waals surface area contributed by atoms with Gasteiger partial charge in [0.25, 0.3) is 0 Å². The van der Waals surface area contributed by atoms with Crippen molar-refractivity contribution in [1.82, 2.24) is 10.2 Å². The van der Waals surface area contributed by atoms with Crippen LogP contribution in [0.3, 0.4) is 0 Å².